The average Bonchev–Trinajstić information content (AvgIpc) is 2.36. The first kappa shape index (κ1) is 15.6. The summed E-state index contributed by atoms with van der Waals surface area (Å²) in [6.07, 6.45) is -8.06. The fourth-order valence-corrected chi connectivity index (χ4v) is 1.75. The maximum atomic E-state index is 12.4. The lowest BCUT2D eigenvalue weighted by Gasteiger charge is -2.10. The van der Waals surface area contributed by atoms with Gasteiger partial charge in [0, 0.05) is 12.4 Å². The number of hydrogen-bond acceptors (Lipinski definition) is 2. The molecule has 0 aliphatic heterocycles. The van der Waals surface area contributed by atoms with Crippen molar-refractivity contribution in [3.05, 3.63) is 46.7 Å². The van der Waals surface area contributed by atoms with Crippen molar-refractivity contribution in [1.82, 2.24) is 9.97 Å². The standard InChI is InChI=1S/C12H5ClF6N2/c13-8-3-7(12(17,18)19)5-21-10(8)9-2-1-6(4-20-9)11(14,15)16/h1-5H. The summed E-state index contributed by atoms with van der Waals surface area (Å²) in [7, 11) is 0. The van der Waals surface area contributed by atoms with E-state index in [-0.39, 0.29) is 16.4 Å². The molecule has 0 saturated carbocycles. The molecular formula is C12H5ClF6N2. The van der Waals surface area contributed by atoms with Crippen LogP contribution in [0.2, 0.25) is 5.02 Å². The van der Waals surface area contributed by atoms with Gasteiger partial charge in [0.1, 0.15) is 5.69 Å². The maximum Gasteiger partial charge on any atom is 0.417 e. The minimum atomic E-state index is -4.61. The van der Waals surface area contributed by atoms with Gasteiger partial charge >= 0.3 is 12.4 Å². The molecule has 2 aromatic heterocycles. The Morgan fingerprint density at radius 2 is 1.38 bits per heavy atom. The van der Waals surface area contributed by atoms with Crippen molar-refractivity contribution in [3.8, 4) is 11.4 Å². The molecule has 0 radical (unpaired) electrons. The molecule has 0 atom stereocenters. The molecule has 0 amide bonds. The molecule has 0 fully saturated rings. The Labute approximate surface area is 119 Å². The average molecular weight is 327 g/mol. The van der Waals surface area contributed by atoms with E-state index in [1.165, 1.54) is 0 Å². The number of halogens is 7. The Kier molecular flexibility index (Phi) is 3.83. The molecule has 21 heavy (non-hydrogen) atoms. The van der Waals surface area contributed by atoms with Crippen LogP contribution in [-0.4, -0.2) is 9.97 Å². The molecule has 0 bridgehead atoms. The van der Waals surface area contributed by atoms with Crippen molar-refractivity contribution in [1.29, 1.82) is 0 Å². The lowest BCUT2D eigenvalue weighted by molar-refractivity contribution is -0.138. The Hall–Kier alpha value is -1.83. The van der Waals surface area contributed by atoms with Crippen molar-refractivity contribution in [2.45, 2.75) is 12.4 Å². The molecule has 9 heteroatoms. The van der Waals surface area contributed by atoms with Crippen LogP contribution in [0.25, 0.3) is 11.4 Å². The summed E-state index contributed by atoms with van der Waals surface area (Å²) in [5.74, 6) is 0. The molecule has 0 aliphatic rings. The highest BCUT2D eigenvalue weighted by atomic mass is 35.5. The molecule has 0 spiro atoms. The van der Waals surface area contributed by atoms with Gasteiger partial charge in [0.2, 0.25) is 0 Å². The Morgan fingerprint density at radius 3 is 1.81 bits per heavy atom. The third-order valence-electron chi connectivity index (χ3n) is 2.50. The van der Waals surface area contributed by atoms with E-state index in [0.29, 0.717) is 18.5 Å². The van der Waals surface area contributed by atoms with Crippen molar-refractivity contribution in [2.75, 3.05) is 0 Å². The Bertz CT molecular complexity index is 648. The number of pyridine rings is 2. The molecule has 0 N–H and O–H groups in total. The number of nitrogens with zero attached hydrogens (tertiary/aromatic N) is 2. The van der Waals surface area contributed by atoms with Crippen LogP contribution in [0.1, 0.15) is 11.1 Å². The van der Waals surface area contributed by atoms with Gasteiger partial charge in [0.15, 0.2) is 0 Å². The van der Waals surface area contributed by atoms with E-state index in [9.17, 15) is 26.3 Å². The van der Waals surface area contributed by atoms with Crippen LogP contribution in [-0.2, 0) is 12.4 Å². The minimum Gasteiger partial charge on any atom is -0.254 e. The maximum absolute atomic E-state index is 12.4. The number of hydrogen-bond donors (Lipinski definition) is 0. The summed E-state index contributed by atoms with van der Waals surface area (Å²) >= 11 is 5.67. The second kappa shape index (κ2) is 5.18. The highest BCUT2D eigenvalue weighted by molar-refractivity contribution is 6.33. The van der Waals surface area contributed by atoms with E-state index >= 15 is 0 Å². The second-order valence-electron chi connectivity index (χ2n) is 3.98. The lowest BCUT2D eigenvalue weighted by Crippen LogP contribution is -2.07. The SMILES string of the molecule is FC(F)(F)c1ccc(-c2ncc(C(F)(F)F)cc2Cl)nc1. The van der Waals surface area contributed by atoms with Crippen molar-refractivity contribution in [2.24, 2.45) is 0 Å². The topological polar surface area (TPSA) is 25.8 Å². The van der Waals surface area contributed by atoms with Crippen LogP contribution in [0.4, 0.5) is 26.3 Å². The van der Waals surface area contributed by atoms with Crippen molar-refractivity contribution < 1.29 is 26.3 Å². The van der Waals surface area contributed by atoms with Crippen molar-refractivity contribution in [3.63, 3.8) is 0 Å². The van der Waals surface area contributed by atoms with Gasteiger partial charge in [-0.25, -0.2) is 0 Å². The van der Waals surface area contributed by atoms with Gasteiger partial charge in [-0.05, 0) is 18.2 Å². The van der Waals surface area contributed by atoms with E-state index < -0.39 is 23.5 Å². The zero-order chi connectivity index (χ0) is 15.8. The quantitative estimate of drug-likeness (QED) is 0.701. The van der Waals surface area contributed by atoms with E-state index in [1.54, 1.807) is 0 Å². The number of rotatable bonds is 1. The van der Waals surface area contributed by atoms with Gasteiger partial charge in [-0.2, -0.15) is 26.3 Å². The summed E-state index contributed by atoms with van der Waals surface area (Å²) in [6.45, 7) is 0. The van der Waals surface area contributed by atoms with E-state index in [2.05, 4.69) is 9.97 Å². The first-order chi connectivity index (χ1) is 9.59. The molecule has 2 nitrogen and oxygen atoms in total. The third kappa shape index (κ3) is 3.44. The zero-order valence-electron chi connectivity index (χ0n) is 9.93. The van der Waals surface area contributed by atoms with Gasteiger partial charge in [-0.3, -0.25) is 9.97 Å². The van der Waals surface area contributed by atoms with Crippen LogP contribution >= 0.6 is 11.6 Å². The third-order valence-corrected chi connectivity index (χ3v) is 2.79. The van der Waals surface area contributed by atoms with E-state index in [4.69, 9.17) is 11.6 Å². The largest absolute Gasteiger partial charge is 0.417 e. The van der Waals surface area contributed by atoms with Gasteiger partial charge in [-0.1, -0.05) is 11.6 Å². The van der Waals surface area contributed by atoms with Crippen LogP contribution < -0.4 is 0 Å². The molecular weight excluding hydrogens is 322 g/mol. The molecule has 112 valence electrons. The van der Waals surface area contributed by atoms with Crippen LogP contribution in [0.15, 0.2) is 30.6 Å². The van der Waals surface area contributed by atoms with Crippen molar-refractivity contribution >= 4 is 11.6 Å². The Balaban J connectivity index is 2.39. The summed E-state index contributed by atoms with van der Waals surface area (Å²) in [6, 6.07) is 2.38. The van der Waals surface area contributed by atoms with Gasteiger partial charge in [0.05, 0.1) is 21.8 Å². The summed E-state index contributed by atoms with van der Waals surface area (Å²) in [4.78, 5) is 7.03. The highest BCUT2D eigenvalue weighted by Gasteiger charge is 2.32. The molecule has 2 heterocycles. The molecule has 0 aliphatic carbocycles. The first-order valence-electron chi connectivity index (χ1n) is 5.35. The Morgan fingerprint density at radius 1 is 0.810 bits per heavy atom. The minimum absolute atomic E-state index is 0.0540. The van der Waals surface area contributed by atoms with Gasteiger partial charge < -0.3 is 0 Å². The second-order valence-corrected chi connectivity index (χ2v) is 4.39. The molecule has 2 rings (SSSR count). The van der Waals surface area contributed by atoms with Gasteiger partial charge in [0.25, 0.3) is 0 Å². The monoisotopic (exact) mass is 326 g/mol. The first-order valence-corrected chi connectivity index (χ1v) is 5.73. The zero-order valence-corrected chi connectivity index (χ0v) is 10.7. The molecule has 0 aromatic carbocycles. The van der Waals surface area contributed by atoms with Crippen LogP contribution in [0, 0.1) is 0 Å². The summed E-state index contributed by atoms with van der Waals surface area (Å²) in [5.41, 5.74) is -2.21. The predicted octanol–water partition coefficient (Wildman–Crippen LogP) is 4.83. The molecule has 2 aromatic rings. The van der Waals surface area contributed by atoms with Gasteiger partial charge in [-0.15, -0.1) is 0 Å². The molecule has 0 unspecified atom stereocenters. The number of alkyl halides is 6. The van der Waals surface area contributed by atoms with E-state index in [0.717, 1.165) is 12.1 Å². The molecule has 0 saturated heterocycles. The fraction of sp³-hybridized carbons (Fsp3) is 0.167. The van der Waals surface area contributed by atoms with Crippen LogP contribution in [0.3, 0.4) is 0 Å². The lowest BCUT2D eigenvalue weighted by atomic mass is 10.2. The van der Waals surface area contributed by atoms with Crippen LogP contribution in [0.5, 0.6) is 0 Å². The normalized spacial score (nSPS) is 12.5. The predicted molar refractivity (Wildman–Crippen MR) is 62.5 cm³/mol. The summed E-state index contributed by atoms with van der Waals surface area (Å²) in [5, 5.41) is -0.350. The number of aromatic nitrogens is 2. The van der Waals surface area contributed by atoms with E-state index in [1.807, 2.05) is 0 Å². The smallest absolute Gasteiger partial charge is 0.254 e. The fourth-order valence-electron chi connectivity index (χ4n) is 1.48. The highest BCUT2D eigenvalue weighted by Crippen LogP contribution is 2.34. The summed E-state index contributed by atoms with van der Waals surface area (Å²) < 4.78 is 74.5.